The van der Waals surface area contributed by atoms with Gasteiger partial charge >= 0.3 is 0 Å². The summed E-state index contributed by atoms with van der Waals surface area (Å²) in [6.07, 6.45) is 22.0. The minimum atomic E-state index is -0.358. The Morgan fingerprint density at radius 3 is 1.17 bits per heavy atom. The van der Waals surface area contributed by atoms with E-state index in [-0.39, 0.29) is 36.2 Å². The standard InChI is InChI=1S/C31H40N2O3S.C28H26N2O3S.C25H19FN2O3S.C23H16N2O3S/c1-3-4-5-6-7-8-9-10-11-12-19-33-30(34)29(37-31(33)32-26-16-13-24(2)14-17-26)23-25-15-18-27-28(22-25)36-21-20-35-27;31-27-26(19-23-13-14-24-25(18-23)33-17-16-32-24)34-28(29-20-22-10-5-2-6-11-22)30(27)15-7-12-21-8-3-1-4-9-21;26-19-7-9-20(10-8-19)28-24(29)23(32-25(28)27-16-17-4-2-1-3-5-17)15-18-6-11-21-22(14-18)31-13-12-30-21;26-22-21(14-16-11-12-19-20(13-16)28-15-27-19)29-23(24-17-7-3-1-4-8-17)25(22)18-9-5-2-6-10-18/h13-18,22-23H,3-12,19-21H2,1-2H3;1-6,8-11,13-14,18-19H,7,12,15-17,20H2;1-11,14-15H,12-13,16H2;1-14H,15H2/b29-23-,32-31?;26-19-,29-28?;23-15-,27-25?;21-14-,24-23?. The van der Waals surface area contributed by atoms with Crippen molar-refractivity contribution in [2.24, 2.45) is 20.0 Å². The number of unbranched alkanes of at least 4 members (excludes halogenated alkanes) is 9. The summed E-state index contributed by atoms with van der Waals surface area (Å²) in [5, 5.41) is 2.69. The number of thioether (sulfide) groups is 4. The lowest BCUT2D eigenvalue weighted by Gasteiger charge is -2.18. The van der Waals surface area contributed by atoms with Crippen LogP contribution in [0.2, 0.25) is 0 Å². The van der Waals surface area contributed by atoms with Gasteiger partial charge < -0.3 is 37.9 Å². The number of para-hydroxylation sites is 2. The van der Waals surface area contributed by atoms with E-state index in [1.54, 1.807) is 17.0 Å². The SMILES string of the molecule is CCCCCCCCCCCCN1C(=O)/C(=C/c2ccc3c(c2)OCCO3)SC1=Nc1ccc(C)cc1.O=C1/C(=C/c2ccc3c(c2)OCCO3)SC(=NCc2ccccc2)N1CCCc1ccccc1.O=C1/C(=C/c2ccc3c(c2)OCCO3)SC(=NCc2ccccc2)N1c1ccc(F)cc1.O=C1/C(=C/c2ccc3c(c2)OCO3)SC(=Nc2ccccc2)N1c1ccccc1. The number of aryl methyl sites for hydroxylation is 2. The maximum absolute atomic E-state index is 13.5. The number of nitrogens with zero attached hydrogens (tertiary/aromatic N) is 8. The molecule has 20 nitrogen and oxygen atoms in total. The van der Waals surface area contributed by atoms with E-state index in [2.05, 4.69) is 50.2 Å². The molecule has 0 N–H and O–H groups in total. The fourth-order valence-electron chi connectivity index (χ4n) is 15.1. The van der Waals surface area contributed by atoms with Crippen molar-refractivity contribution < 1.29 is 61.5 Å². The van der Waals surface area contributed by atoms with E-state index >= 15 is 0 Å². The number of halogens is 1. The summed E-state index contributed by atoms with van der Waals surface area (Å²) in [5.74, 6) is 5.06. The molecule has 8 aliphatic heterocycles. The Bertz CT molecular complexity index is 6130. The second-order valence-corrected chi connectivity index (χ2v) is 35.7. The molecule has 0 spiro atoms. The van der Waals surface area contributed by atoms with Crippen molar-refractivity contribution in [2.45, 2.75) is 104 Å². The number of carbonyl (C=O) groups excluding carboxylic acids is 4. The quantitative estimate of drug-likeness (QED) is 0.0347. The average molecular weight is 1840 g/mol. The van der Waals surface area contributed by atoms with Gasteiger partial charge in [0.15, 0.2) is 66.7 Å². The number of aliphatic imine (C=N–C) groups is 4. The van der Waals surface area contributed by atoms with Crippen LogP contribution in [0, 0.1) is 12.7 Å². The maximum atomic E-state index is 13.5. The highest BCUT2D eigenvalue weighted by atomic mass is 32.2. The smallest absolute Gasteiger partial charge is 0.271 e. The van der Waals surface area contributed by atoms with E-state index in [0.717, 1.165) is 109 Å². The Labute approximate surface area is 786 Å². The molecule has 4 fully saturated rings. The summed E-state index contributed by atoms with van der Waals surface area (Å²) in [6, 6.07) is 86.3. The number of hydrogen-bond acceptors (Lipinski definition) is 20. The van der Waals surface area contributed by atoms with Gasteiger partial charge in [-0.05, 0) is 246 Å². The molecule has 11 aromatic rings. The number of amidine groups is 4. The number of fused-ring (bicyclic) bond motifs is 4. The molecule has 4 amide bonds. The van der Waals surface area contributed by atoms with Crippen LogP contribution in [0.15, 0.2) is 313 Å². The molecular formula is C107H101FN8O12S4. The molecule has 25 heteroatoms. The van der Waals surface area contributed by atoms with E-state index < -0.39 is 0 Å². The zero-order chi connectivity index (χ0) is 90.6. The zero-order valence-corrected chi connectivity index (χ0v) is 76.8. The number of benzene rings is 11. The summed E-state index contributed by atoms with van der Waals surface area (Å²) < 4.78 is 58.2. The fourth-order valence-corrected chi connectivity index (χ4v) is 19.1. The molecular weight excluding hydrogens is 1740 g/mol. The highest BCUT2D eigenvalue weighted by Gasteiger charge is 2.39. The molecule has 132 heavy (non-hydrogen) atoms. The van der Waals surface area contributed by atoms with Gasteiger partial charge in [0, 0.05) is 13.1 Å². The van der Waals surface area contributed by atoms with Crippen LogP contribution in [0.5, 0.6) is 46.0 Å². The van der Waals surface area contributed by atoms with E-state index in [4.69, 9.17) is 57.9 Å². The topological polar surface area (TPSA) is 205 Å². The van der Waals surface area contributed by atoms with Gasteiger partial charge in [0.25, 0.3) is 23.6 Å². The Balaban J connectivity index is 0.000000129. The van der Waals surface area contributed by atoms with Gasteiger partial charge in [-0.25, -0.2) is 14.4 Å². The molecule has 0 atom stereocenters. The zero-order valence-electron chi connectivity index (χ0n) is 73.5. The normalized spacial score (nSPS) is 17.7. The molecule has 0 aliphatic carbocycles. The number of carbonyl (C=O) groups is 4. The van der Waals surface area contributed by atoms with Crippen molar-refractivity contribution in [3.8, 4) is 46.0 Å². The molecule has 0 radical (unpaired) electrons. The molecule has 8 aliphatic rings. The first kappa shape index (κ1) is 92.0. The third-order valence-corrected chi connectivity index (χ3v) is 25.9. The van der Waals surface area contributed by atoms with Crippen LogP contribution in [-0.4, -0.2) is 114 Å². The van der Waals surface area contributed by atoms with Crippen molar-refractivity contribution in [1.82, 2.24) is 9.80 Å². The van der Waals surface area contributed by atoms with Gasteiger partial charge in [-0.1, -0.05) is 234 Å². The Morgan fingerprint density at radius 1 is 0.326 bits per heavy atom. The monoisotopic (exact) mass is 1840 g/mol. The summed E-state index contributed by atoms with van der Waals surface area (Å²) in [6.45, 7) is 10.1. The summed E-state index contributed by atoms with van der Waals surface area (Å²) in [7, 11) is 0. The van der Waals surface area contributed by atoms with Crippen LogP contribution in [0.1, 0.15) is 122 Å². The van der Waals surface area contributed by atoms with Crippen molar-refractivity contribution in [3.63, 3.8) is 0 Å². The highest BCUT2D eigenvalue weighted by Crippen LogP contribution is 2.44. The fraction of sp³-hybridized carbons (Fsp3) is 0.234. The molecule has 0 saturated carbocycles. The predicted molar refractivity (Wildman–Crippen MR) is 532 cm³/mol. The molecule has 672 valence electrons. The third kappa shape index (κ3) is 25.0. The van der Waals surface area contributed by atoms with E-state index in [0.29, 0.717) is 124 Å². The molecule has 0 bridgehead atoms. The number of rotatable bonds is 27. The largest absolute Gasteiger partial charge is 0.486 e. The average Bonchev–Trinajstić information content (AvgIpc) is 1.65. The molecule has 0 unspecified atom stereocenters. The third-order valence-electron chi connectivity index (χ3n) is 21.9. The first-order chi connectivity index (χ1) is 64.8. The summed E-state index contributed by atoms with van der Waals surface area (Å²) in [5.41, 5.74) is 11.2. The lowest BCUT2D eigenvalue weighted by atomic mass is 10.1. The van der Waals surface area contributed by atoms with Crippen LogP contribution >= 0.6 is 47.0 Å². The van der Waals surface area contributed by atoms with Gasteiger partial charge in [-0.3, -0.25) is 48.8 Å². The number of amides is 4. The van der Waals surface area contributed by atoms with Gasteiger partial charge in [-0.15, -0.1) is 0 Å². The van der Waals surface area contributed by atoms with Crippen LogP contribution in [0.25, 0.3) is 24.3 Å². The predicted octanol–water partition coefficient (Wildman–Crippen LogP) is 24.4. The summed E-state index contributed by atoms with van der Waals surface area (Å²) >= 11 is 5.55. The molecule has 19 rings (SSSR count). The van der Waals surface area contributed by atoms with Crippen molar-refractivity contribution in [3.05, 3.63) is 343 Å². The number of anilines is 2. The highest BCUT2D eigenvalue weighted by molar-refractivity contribution is 8.20. The van der Waals surface area contributed by atoms with Crippen molar-refractivity contribution in [1.29, 1.82) is 0 Å². The van der Waals surface area contributed by atoms with Gasteiger partial charge in [0.05, 0.1) is 55.5 Å². The second-order valence-electron chi connectivity index (χ2n) is 31.7. The lowest BCUT2D eigenvalue weighted by Crippen LogP contribution is -2.30. The Morgan fingerprint density at radius 2 is 0.674 bits per heavy atom. The van der Waals surface area contributed by atoms with Gasteiger partial charge in [0.1, 0.15) is 45.5 Å². The number of ether oxygens (including phenoxy) is 8. The summed E-state index contributed by atoms with van der Waals surface area (Å²) in [4.78, 5) is 81.8. The molecule has 0 aromatic heterocycles. The van der Waals surface area contributed by atoms with Crippen molar-refractivity contribution >= 4 is 138 Å². The van der Waals surface area contributed by atoms with E-state index in [1.807, 2.05) is 246 Å². The minimum absolute atomic E-state index is 0.000220. The first-order valence-electron chi connectivity index (χ1n) is 44.6. The van der Waals surface area contributed by atoms with Crippen LogP contribution in [0.3, 0.4) is 0 Å². The lowest BCUT2D eigenvalue weighted by molar-refractivity contribution is -0.123. The van der Waals surface area contributed by atoms with E-state index in [1.165, 1.54) is 127 Å². The maximum Gasteiger partial charge on any atom is 0.271 e. The Kier molecular flexibility index (Phi) is 32.4. The molecule has 11 aromatic carbocycles. The van der Waals surface area contributed by atoms with Gasteiger partial charge in [-0.2, -0.15) is 0 Å². The Hall–Kier alpha value is -13.3. The minimum Gasteiger partial charge on any atom is -0.486 e. The first-order valence-corrected chi connectivity index (χ1v) is 47.9. The second kappa shape index (κ2) is 46.5. The van der Waals surface area contributed by atoms with Crippen LogP contribution in [-0.2, 0) is 38.7 Å². The van der Waals surface area contributed by atoms with Crippen LogP contribution in [0.4, 0.5) is 27.1 Å². The van der Waals surface area contributed by atoms with Gasteiger partial charge in [0.2, 0.25) is 6.79 Å². The van der Waals surface area contributed by atoms with Crippen molar-refractivity contribution in [2.75, 3.05) is 69.3 Å². The van der Waals surface area contributed by atoms with Crippen LogP contribution < -0.4 is 47.7 Å². The van der Waals surface area contributed by atoms with E-state index in [9.17, 15) is 23.6 Å². The number of hydrogen-bond donors (Lipinski definition) is 0. The molecule has 4 saturated heterocycles. The molecule has 8 heterocycles.